The van der Waals surface area contributed by atoms with E-state index in [0.29, 0.717) is 23.8 Å². The van der Waals surface area contributed by atoms with Gasteiger partial charge in [-0.05, 0) is 57.2 Å². The molecule has 158 valence electrons. The lowest BCUT2D eigenvalue weighted by Crippen LogP contribution is -2.09. The molecule has 2 aromatic heterocycles. The van der Waals surface area contributed by atoms with Crippen LogP contribution in [-0.2, 0) is 11.3 Å². The number of nitrogens with zero attached hydrogens (tertiary/aromatic N) is 3. The van der Waals surface area contributed by atoms with E-state index in [1.54, 1.807) is 31.2 Å². The van der Waals surface area contributed by atoms with Crippen LogP contribution in [0.2, 0.25) is 0 Å². The van der Waals surface area contributed by atoms with E-state index in [1.807, 2.05) is 44.2 Å². The summed E-state index contributed by atoms with van der Waals surface area (Å²) in [5.74, 6) is 1.45. The fraction of sp³-hybridized carbons (Fsp3) is 0.217. The van der Waals surface area contributed by atoms with E-state index in [4.69, 9.17) is 18.4 Å². The summed E-state index contributed by atoms with van der Waals surface area (Å²) in [5.41, 5.74) is 2.89. The van der Waals surface area contributed by atoms with Crippen molar-refractivity contribution in [3.63, 3.8) is 0 Å². The fourth-order valence-corrected chi connectivity index (χ4v) is 2.93. The number of rotatable bonds is 7. The Hall–Kier alpha value is -3.94. The monoisotopic (exact) mass is 419 g/mol. The largest absolute Gasteiger partial charge is 0.489 e. The van der Waals surface area contributed by atoms with Crippen molar-refractivity contribution in [3.05, 3.63) is 83.1 Å². The average Bonchev–Trinajstić information content (AvgIpc) is 3.40. The highest BCUT2D eigenvalue weighted by molar-refractivity contribution is 5.89. The van der Waals surface area contributed by atoms with Gasteiger partial charge in [0.25, 0.3) is 5.89 Å². The van der Waals surface area contributed by atoms with Crippen molar-refractivity contribution in [2.24, 2.45) is 0 Å². The Labute approximate surface area is 178 Å². The van der Waals surface area contributed by atoms with E-state index in [9.17, 15) is 4.79 Å². The third kappa shape index (κ3) is 4.63. The number of hydrogen-bond acceptors (Lipinski definition) is 8. The van der Waals surface area contributed by atoms with Crippen LogP contribution in [-0.4, -0.2) is 21.3 Å². The summed E-state index contributed by atoms with van der Waals surface area (Å²) in [4.78, 5) is 12.5. The standard InChI is InChI=1S/C23H21N3O5/c1-14-20(15(2)31-26-14)13-28-19-11-9-18(10-12-19)23(27)29-16(3)21-24-25-22(30-21)17-7-5-4-6-8-17/h4-12,16H,13H2,1-3H3/t16-/m0/s1. The molecule has 0 aliphatic rings. The molecule has 0 fully saturated rings. The molecular formula is C23H21N3O5. The van der Waals surface area contributed by atoms with E-state index in [2.05, 4.69) is 15.4 Å². The molecular weight excluding hydrogens is 398 g/mol. The highest BCUT2D eigenvalue weighted by Gasteiger charge is 2.20. The van der Waals surface area contributed by atoms with Crippen LogP contribution in [0.5, 0.6) is 5.75 Å². The normalized spacial score (nSPS) is 11.8. The predicted molar refractivity (Wildman–Crippen MR) is 110 cm³/mol. The molecule has 2 heterocycles. The van der Waals surface area contributed by atoms with Crippen LogP contribution in [0, 0.1) is 13.8 Å². The molecule has 8 nitrogen and oxygen atoms in total. The van der Waals surface area contributed by atoms with Crippen LogP contribution in [0.4, 0.5) is 0 Å². The molecule has 0 aliphatic heterocycles. The topological polar surface area (TPSA) is 100 Å². The first kappa shape index (κ1) is 20.3. The first-order valence-electron chi connectivity index (χ1n) is 9.75. The smallest absolute Gasteiger partial charge is 0.338 e. The Morgan fingerprint density at radius 3 is 2.45 bits per heavy atom. The summed E-state index contributed by atoms with van der Waals surface area (Å²) in [6.45, 7) is 5.72. The lowest BCUT2D eigenvalue weighted by molar-refractivity contribution is 0.0280. The van der Waals surface area contributed by atoms with Crippen LogP contribution < -0.4 is 4.74 Å². The number of ether oxygens (including phenoxy) is 2. The second-order valence-corrected chi connectivity index (χ2v) is 6.97. The Morgan fingerprint density at radius 1 is 1.03 bits per heavy atom. The molecule has 4 rings (SSSR count). The van der Waals surface area contributed by atoms with Gasteiger partial charge in [-0.15, -0.1) is 10.2 Å². The summed E-state index contributed by atoms with van der Waals surface area (Å²) >= 11 is 0. The molecule has 0 amide bonds. The molecule has 1 atom stereocenters. The van der Waals surface area contributed by atoms with Crippen molar-refractivity contribution < 1.29 is 23.2 Å². The number of esters is 1. The van der Waals surface area contributed by atoms with Gasteiger partial charge in [0.2, 0.25) is 5.89 Å². The molecule has 0 N–H and O–H groups in total. The van der Waals surface area contributed by atoms with Gasteiger partial charge >= 0.3 is 5.97 Å². The van der Waals surface area contributed by atoms with E-state index in [1.165, 1.54) is 0 Å². The van der Waals surface area contributed by atoms with Gasteiger partial charge in [0, 0.05) is 5.56 Å². The van der Waals surface area contributed by atoms with Gasteiger partial charge in [-0.3, -0.25) is 0 Å². The number of aromatic nitrogens is 3. The zero-order chi connectivity index (χ0) is 21.8. The first-order chi connectivity index (χ1) is 15.0. The van der Waals surface area contributed by atoms with Crippen LogP contribution in [0.3, 0.4) is 0 Å². The van der Waals surface area contributed by atoms with Crippen molar-refractivity contribution in [1.82, 2.24) is 15.4 Å². The lowest BCUT2D eigenvalue weighted by Gasteiger charge is -2.10. The third-order valence-corrected chi connectivity index (χ3v) is 4.75. The molecule has 0 unspecified atom stereocenters. The third-order valence-electron chi connectivity index (χ3n) is 4.75. The predicted octanol–water partition coefficient (Wildman–Crippen LogP) is 4.84. The number of carbonyl (C=O) groups is 1. The molecule has 2 aromatic carbocycles. The number of benzene rings is 2. The quantitative estimate of drug-likeness (QED) is 0.392. The minimum absolute atomic E-state index is 0.228. The van der Waals surface area contributed by atoms with Gasteiger partial charge in [-0.2, -0.15) is 0 Å². The maximum atomic E-state index is 12.5. The Morgan fingerprint density at radius 2 is 1.77 bits per heavy atom. The minimum Gasteiger partial charge on any atom is -0.489 e. The SMILES string of the molecule is Cc1noc(C)c1COc1ccc(C(=O)O[C@@H](C)c2nnc(-c3ccccc3)o2)cc1. The van der Waals surface area contributed by atoms with Crippen molar-refractivity contribution >= 4 is 5.97 Å². The number of aryl methyl sites for hydroxylation is 2. The molecule has 0 saturated carbocycles. The van der Waals surface area contributed by atoms with Crippen molar-refractivity contribution in [1.29, 1.82) is 0 Å². The summed E-state index contributed by atoms with van der Waals surface area (Å²) in [5, 5.41) is 11.9. The van der Waals surface area contributed by atoms with Gasteiger partial charge in [-0.1, -0.05) is 23.4 Å². The Balaban J connectivity index is 1.36. The van der Waals surface area contributed by atoms with Crippen LogP contribution in [0.15, 0.2) is 63.5 Å². The minimum atomic E-state index is -0.687. The van der Waals surface area contributed by atoms with Gasteiger partial charge < -0.3 is 18.4 Å². The van der Waals surface area contributed by atoms with Crippen molar-refractivity contribution in [3.8, 4) is 17.2 Å². The van der Waals surface area contributed by atoms with Gasteiger partial charge in [0.1, 0.15) is 18.1 Å². The molecule has 4 aromatic rings. The molecule has 0 spiro atoms. The Kier molecular flexibility index (Phi) is 5.79. The van der Waals surface area contributed by atoms with E-state index in [0.717, 1.165) is 22.6 Å². The Bertz CT molecular complexity index is 1150. The molecule has 0 bridgehead atoms. The molecule has 0 radical (unpaired) electrons. The summed E-state index contributed by atoms with van der Waals surface area (Å²) in [6.07, 6.45) is -0.687. The molecule has 31 heavy (non-hydrogen) atoms. The number of carbonyl (C=O) groups excluding carboxylic acids is 1. The molecule has 8 heteroatoms. The second kappa shape index (κ2) is 8.83. The molecule has 0 saturated heterocycles. The number of hydrogen-bond donors (Lipinski definition) is 0. The fourth-order valence-electron chi connectivity index (χ4n) is 2.93. The summed E-state index contributed by atoms with van der Waals surface area (Å²) < 4.78 is 22.0. The lowest BCUT2D eigenvalue weighted by atomic mass is 10.2. The zero-order valence-corrected chi connectivity index (χ0v) is 17.4. The average molecular weight is 419 g/mol. The van der Waals surface area contributed by atoms with E-state index < -0.39 is 12.1 Å². The van der Waals surface area contributed by atoms with Crippen LogP contribution in [0.1, 0.15) is 46.3 Å². The van der Waals surface area contributed by atoms with Gasteiger partial charge in [-0.25, -0.2) is 4.79 Å². The van der Waals surface area contributed by atoms with Crippen molar-refractivity contribution in [2.75, 3.05) is 0 Å². The molecule has 0 aliphatic carbocycles. The highest BCUT2D eigenvalue weighted by atomic mass is 16.6. The second-order valence-electron chi connectivity index (χ2n) is 6.97. The van der Waals surface area contributed by atoms with E-state index >= 15 is 0 Å². The maximum Gasteiger partial charge on any atom is 0.338 e. The highest BCUT2D eigenvalue weighted by Crippen LogP contribution is 2.24. The van der Waals surface area contributed by atoms with Crippen molar-refractivity contribution in [2.45, 2.75) is 33.5 Å². The summed E-state index contributed by atoms with van der Waals surface area (Å²) in [6, 6.07) is 16.1. The maximum absolute atomic E-state index is 12.5. The van der Waals surface area contributed by atoms with Gasteiger partial charge in [0.05, 0.1) is 16.8 Å². The van der Waals surface area contributed by atoms with Gasteiger partial charge in [0.15, 0.2) is 6.10 Å². The van der Waals surface area contributed by atoms with E-state index in [-0.39, 0.29) is 5.89 Å². The first-order valence-corrected chi connectivity index (χ1v) is 9.75. The summed E-state index contributed by atoms with van der Waals surface area (Å²) in [7, 11) is 0. The van der Waals surface area contributed by atoms with Crippen LogP contribution in [0.25, 0.3) is 11.5 Å². The zero-order valence-electron chi connectivity index (χ0n) is 17.4. The van der Waals surface area contributed by atoms with Crippen LogP contribution >= 0.6 is 0 Å².